The number of nitrogens with one attached hydrogen (secondary N) is 1. The number of hydrogen-bond donors (Lipinski definition) is 1. The normalized spacial score (nSPS) is 21.2. The summed E-state index contributed by atoms with van der Waals surface area (Å²) in [6, 6.07) is 6.66. The van der Waals surface area contributed by atoms with E-state index in [1.165, 1.54) is 6.07 Å². The number of rotatable bonds is 1. The van der Waals surface area contributed by atoms with Gasteiger partial charge in [0.2, 0.25) is 0 Å². The zero-order valence-electron chi connectivity index (χ0n) is 7.00. The molecule has 13 heavy (non-hydrogen) atoms. The number of halogens is 2. The van der Waals surface area contributed by atoms with Crippen molar-refractivity contribution in [2.75, 3.05) is 13.2 Å². The minimum atomic E-state index is -0.258. The van der Waals surface area contributed by atoms with Gasteiger partial charge in [-0.05, 0) is 6.07 Å². The first-order chi connectivity index (χ1) is 5.88. The van der Waals surface area contributed by atoms with Gasteiger partial charge in [-0.2, -0.15) is 0 Å². The molecule has 1 atom stereocenters. The van der Waals surface area contributed by atoms with Gasteiger partial charge in [0.05, 0.1) is 6.61 Å². The molecule has 0 saturated carbocycles. The summed E-state index contributed by atoms with van der Waals surface area (Å²) in [6.45, 7) is 1.44. The largest absolute Gasteiger partial charge is 0.358 e. The number of hydrogen-bond acceptors (Lipinski definition) is 2. The van der Waals surface area contributed by atoms with Crippen LogP contribution < -0.4 is 5.32 Å². The number of ether oxygens (including phenoxy) is 1. The second-order valence-corrected chi connectivity index (χ2v) is 2.73. The van der Waals surface area contributed by atoms with Crippen molar-refractivity contribution in [2.24, 2.45) is 0 Å². The van der Waals surface area contributed by atoms with Crippen molar-refractivity contribution in [1.82, 2.24) is 5.32 Å². The fraction of sp³-hybridized carbons (Fsp3) is 0.333. The van der Waals surface area contributed by atoms with Crippen LogP contribution in [0.1, 0.15) is 11.8 Å². The minimum absolute atomic E-state index is 0. The molecule has 0 bridgehead atoms. The van der Waals surface area contributed by atoms with Gasteiger partial charge in [0, 0.05) is 12.1 Å². The van der Waals surface area contributed by atoms with Gasteiger partial charge < -0.3 is 4.74 Å². The van der Waals surface area contributed by atoms with Crippen LogP contribution in [-0.2, 0) is 4.74 Å². The van der Waals surface area contributed by atoms with Crippen LogP contribution in [0.15, 0.2) is 24.3 Å². The summed E-state index contributed by atoms with van der Waals surface area (Å²) in [4.78, 5) is 0. The predicted molar refractivity (Wildman–Crippen MR) is 50.3 cm³/mol. The van der Waals surface area contributed by atoms with Gasteiger partial charge in [0.25, 0.3) is 0 Å². The van der Waals surface area contributed by atoms with Crippen molar-refractivity contribution < 1.29 is 9.13 Å². The van der Waals surface area contributed by atoms with Crippen LogP contribution in [0.2, 0.25) is 0 Å². The molecule has 0 amide bonds. The summed E-state index contributed by atoms with van der Waals surface area (Å²) in [6.07, 6.45) is -0.258. The maximum atomic E-state index is 13.1. The van der Waals surface area contributed by atoms with Crippen molar-refractivity contribution in [2.45, 2.75) is 6.23 Å². The lowest BCUT2D eigenvalue weighted by Gasteiger charge is -2.10. The molecule has 1 aliphatic rings. The van der Waals surface area contributed by atoms with Crippen molar-refractivity contribution in [3.05, 3.63) is 35.6 Å². The molecular weight excluding hydrogens is 193 g/mol. The van der Waals surface area contributed by atoms with E-state index < -0.39 is 0 Å². The van der Waals surface area contributed by atoms with Crippen molar-refractivity contribution in [3.63, 3.8) is 0 Å². The summed E-state index contributed by atoms with van der Waals surface area (Å²) in [5.41, 5.74) is 0.593. The Bertz CT molecular complexity index is 276. The lowest BCUT2D eigenvalue weighted by atomic mass is 10.2. The van der Waals surface area contributed by atoms with Crippen molar-refractivity contribution in [3.8, 4) is 0 Å². The third-order valence-electron chi connectivity index (χ3n) is 1.90. The van der Waals surface area contributed by atoms with Crippen LogP contribution in [-0.4, -0.2) is 13.2 Å². The molecule has 1 aromatic carbocycles. The molecule has 0 radical (unpaired) electrons. The molecule has 1 N–H and O–H groups in total. The molecule has 72 valence electrons. The maximum Gasteiger partial charge on any atom is 0.137 e. The molecule has 0 aliphatic carbocycles. The van der Waals surface area contributed by atoms with Crippen LogP contribution in [0.5, 0.6) is 0 Å². The fourth-order valence-electron chi connectivity index (χ4n) is 1.31. The molecule has 4 heteroatoms. The zero-order chi connectivity index (χ0) is 8.39. The molecule has 0 spiro atoms. The highest BCUT2D eigenvalue weighted by molar-refractivity contribution is 5.85. The summed E-state index contributed by atoms with van der Waals surface area (Å²) >= 11 is 0. The second kappa shape index (κ2) is 4.56. The molecule has 1 aromatic rings. The lowest BCUT2D eigenvalue weighted by Crippen LogP contribution is -2.15. The Morgan fingerprint density at radius 3 is 2.77 bits per heavy atom. The van der Waals surface area contributed by atoms with E-state index in [1.54, 1.807) is 12.1 Å². The van der Waals surface area contributed by atoms with Gasteiger partial charge in [-0.1, -0.05) is 18.2 Å². The first-order valence-electron chi connectivity index (χ1n) is 3.97. The molecule has 1 aliphatic heterocycles. The van der Waals surface area contributed by atoms with Crippen LogP contribution in [0.25, 0.3) is 0 Å². The van der Waals surface area contributed by atoms with E-state index in [-0.39, 0.29) is 24.5 Å². The smallest absolute Gasteiger partial charge is 0.137 e. The van der Waals surface area contributed by atoms with E-state index in [0.29, 0.717) is 12.2 Å². The van der Waals surface area contributed by atoms with Crippen molar-refractivity contribution >= 4 is 12.4 Å². The Morgan fingerprint density at radius 2 is 2.15 bits per heavy atom. The topological polar surface area (TPSA) is 21.3 Å². The molecule has 2 nitrogen and oxygen atoms in total. The molecule has 2 rings (SSSR count). The Morgan fingerprint density at radius 1 is 1.38 bits per heavy atom. The van der Waals surface area contributed by atoms with E-state index in [2.05, 4.69) is 5.32 Å². The van der Waals surface area contributed by atoms with E-state index in [9.17, 15) is 4.39 Å². The minimum Gasteiger partial charge on any atom is -0.358 e. The van der Waals surface area contributed by atoms with Gasteiger partial charge in [-0.25, -0.2) is 4.39 Å². The van der Waals surface area contributed by atoms with Gasteiger partial charge in [-0.3, -0.25) is 5.32 Å². The van der Waals surface area contributed by atoms with Gasteiger partial charge >= 0.3 is 0 Å². The molecular formula is C9H11ClFNO. The first-order valence-corrected chi connectivity index (χ1v) is 3.97. The first kappa shape index (κ1) is 10.4. The molecule has 1 heterocycles. The third-order valence-corrected chi connectivity index (χ3v) is 1.90. The monoisotopic (exact) mass is 203 g/mol. The van der Waals surface area contributed by atoms with E-state index in [4.69, 9.17) is 4.74 Å². The average Bonchev–Trinajstić information content (AvgIpc) is 2.57. The highest BCUT2D eigenvalue weighted by Crippen LogP contribution is 2.19. The van der Waals surface area contributed by atoms with Crippen LogP contribution in [0.3, 0.4) is 0 Å². The molecule has 1 fully saturated rings. The Kier molecular flexibility index (Phi) is 3.66. The highest BCUT2D eigenvalue weighted by Gasteiger charge is 2.19. The Balaban J connectivity index is 0.000000845. The molecule has 1 saturated heterocycles. The van der Waals surface area contributed by atoms with E-state index in [0.717, 1.165) is 6.54 Å². The highest BCUT2D eigenvalue weighted by atomic mass is 35.5. The summed E-state index contributed by atoms with van der Waals surface area (Å²) in [5, 5.41) is 3.05. The zero-order valence-corrected chi connectivity index (χ0v) is 7.81. The van der Waals surface area contributed by atoms with E-state index in [1.807, 2.05) is 6.07 Å². The second-order valence-electron chi connectivity index (χ2n) is 2.73. The quantitative estimate of drug-likeness (QED) is 0.753. The van der Waals surface area contributed by atoms with E-state index >= 15 is 0 Å². The Hall–Kier alpha value is -0.640. The van der Waals surface area contributed by atoms with Gasteiger partial charge in [0.15, 0.2) is 0 Å². The standard InChI is InChI=1S/C9H10FNO.ClH/c10-8-4-2-1-3-7(8)9-11-5-6-12-9;/h1-4,9,11H,5-6H2;1H. The average molecular weight is 204 g/mol. The van der Waals surface area contributed by atoms with Gasteiger partial charge in [-0.15, -0.1) is 12.4 Å². The SMILES string of the molecule is Cl.Fc1ccccc1C1NCCO1. The van der Waals surface area contributed by atoms with Crippen LogP contribution in [0, 0.1) is 5.82 Å². The van der Waals surface area contributed by atoms with Crippen LogP contribution >= 0.6 is 12.4 Å². The fourth-order valence-corrected chi connectivity index (χ4v) is 1.31. The van der Waals surface area contributed by atoms with Crippen LogP contribution in [0.4, 0.5) is 4.39 Å². The maximum absolute atomic E-state index is 13.1. The van der Waals surface area contributed by atoms with Crippen molar-refractivity contribution in [1.29, 1.82) is 0 Å². The number of benzene rings is 1. The Labute approximate surface area is 82.5 Å². The third kappa shape index (κ3) is 2.18. The summed E-state index contributed by atoms with van der Waals surface area (Å²) < 4.78 is 18.4. The molecule has 1 unspecified atom stereocenters. The summed E-state index contributed by atoms with van der Waals surface area (Å²) in [5.74, 6) is -0.211. The predicted octanol–water partition coefficient (Wildman–Crippen LogP) is 1.87. The lowest BCUT2D eigenvalue weighted by molar-refractivity contribution is 0.0989. The summed E-state index contributed by atoms with van der Waals surface area (Å²) in [7, 11) is 0. The molecule has 0 aromatic heterocycles. The van der Waals surface area contributed by atoms with Gasteiger partial charge in [0.1, 0.15) is 12.0 Å².